The molecule has 0 saturated heterocycles. The van der Waals surface area contributed by atoms with Gasteiger partial charge in [-0.3, -0.25) is 4.79 Å². The average Bonchev–Trinajstić information content (AvgIpc) is 2.39. The number of aryl methyl sites for hydroxylation is 1. The van der Waals surface area contributed by atoms with E-state index in [4.69, 9.17) is 0 Å². The summed E-state index contributed by atoms with van der Waals surface area (Å²) in [5, 5.41) is 6.24. The summed E-state index contributed by atoms with van der Waals surface area (Å²) in [7, 11) is 0. The van der Waals surface area contributed by atoms with Gasteiger partial charge in [0, 0.05) is 29.3 Å². The zero-order valence-corrected chi connectivity index (χ0v) is 13.1. The number of hydrogen-bond acceptors (Lipinski definition) is 2. The normalized spacial score (nSPS) is 10.2. The van der Waals surface area contributed by atoms with Gasteiger partial charge in [-0.05, 0) is 42.3 Å². The molecule has 2 aromatic rings. The van der Waals surface area contributed by atoms with Crippen molar-refractivity contribution in [1.82, 2.24) is 0 Å². The lowest BCUT2D eigenvalue weighted by molar-refractivity contribution is -0.114. The molecular weight excluding hydrogens is 316 g/mol. The van der Waals surface area contributed by atoms with Crippen LogP contribution in [0.15, 0.2) is 46.9 Å². The van der Waals surface area contributed by atoms with Crippen molar-refractivity contribution in [1.29, 1.82) is 0 Å². The summed E-state index contributed by atoms with van der Waals surface area (Å²) in [5.41, 5.74) is 4.18. The topological polar surface area (TPSA) is 41.1 Å². The molecule has 0 aliphatic heterocycles. The van der Waals surface area contributed by atoms with E-state index in [9.17, 15) is 4.79 Å². The highest BCUT2D eigenvalue weighted by molar-refractivity contribution is 9.10. The molecule has 104 valence electrons. The van der Waals surface area contributed by atoms with Crippen LogP contribution in [0.3, 0.4) is 0 Å². The van der Waals surface area contributed by atoms with Gasteiger partial charge >= 0.3 is 0 Å². The van der Waals surface area contributed by atoms with Gasteiger partial charge < -0.3 is 10.6 Å². The van der Waals surface area contributed by atoms with Crippen LogP contribution in [0, 0.1) is 6.92 Å². The standard InChI is InChI=1S/C16H17BrN2O/c1-11-9-14(17)7-8-15(11)18-10-13-5-3-4-6-16(13)19-12(2)20/h3-9,18H,10H2,1-2H3,(H,19,20). The second-order valence-corrected chi connectivity index (χ2v) is 5.57. The van der Waals surface area contributed by atoms with Crippen molar-refractivity contribution in [2.45, 2.75) is 20.4 Å². The van der Waals surface area contributed by atoms with Crippen molar-refractivity contribution in [2.75, 3.05) is 10.6 Å². The molecule has 3 nitrogen and oxygen atoms in total. The Morgan fingerprint density at radius 3 is 2.60 bits per heavy atom. The predicted molar refractivity (Wildman–Crippen MR) is 87.0 cm³/mol. The van der Waals surface area contributed by atoms with E-state index >= 15 is 0 Å². The van der Waals surface area contributed by atoms with Crippen LogP contribution in [0.1, 0.15) is 18.1 Å². The molecule has 2 N–H and O–H groups in total. The fourth-order valence-electron chi connectivity index (χ4n) is 2.00. The minimum absolute atomic E-state index is 0.0581. The first-order valence-corrected chi connectivity index (χ1v) is 7.21. The molecule has 0 spiro atoms. The van der Waals surface area contributed by atoms with E-state index < -0.39 is 0 Å². The van der Waals surface area contributed by atoms with E-state index in [1.165, 1.54) is 12.5 Å². The number of halogens is 1. The van der Waals surface area contributed by atoms with Gasteiger partial charge in [0.15, 0.2) is 0 Å². The fourth-order valence-corrected chi connectivity index (χ4v) is 2.48. The lowest BCUT2D eigenvalue weighted by atomic mass is 10.1. The highest BCUT2D eigenvalue weighted by atomic mass is 79.9. The summed E-state index contributed by atoms with van der Waals surface area (Å²) >= 11 is 3.46. The number of para-hydroxylation sites is 1. The molecular formula is C16H17BrN2O. The number of nitrogens with one attached hydrogen (secondary N) is 2. The number of hydrogen-bond donors (Lipinski definition) is 2. The van der Waals surface area contributed by atoms with Crippen LogP contribution in [-0.4, -0.2) is 5.91 Å². The maximum absolute atomic E-state index is 11.2. The van der Waals surface area contributed by atoms with Crippen LogP contribution in [-0.2, 0) is 11.3 Å². The number of carbonyl (C=O) groups excluding carboxylic acids is 1. The van der Waals surface area contributed by atoms with E-state index in [0.29, 0.717) is 6.54 Å². The molecule has 4 heteroatoms. The summed E-state index contributed by atoms with van der Waals surface area (Å²) in [5.74, 6) is -0.0581. The maximum Gasteiger partial charge on any atom is 0.221 e. The molecule has 2 aromatic carbocycles. The molecule has 0 fully saturated rings. The molecule has 0 saturated carbocycles. The summed E-state index contributed by atoms with van der Waals surface area (Å²) in [6.07, 6.45) is 0. The summed E-state index contributed by atoms with van der Waals surface area (Å²) in [4.78, 5) is 11.2. The quantitative estimate of drug-likeness (QED) is 0.874. The summed E-state index contributed by atoms with van der Waals surface area (Å²) in [6, 6.07) is 13.9. The largest absolute Gasteiger partial charge is 0.381 e. The Morgan fingerprint density at radius 2 is 1.90 bits per heavy atom. The van der Waals surface area contributed by atoms with Gasteiger partial charge in [-0.15, -0.1) is 0 Å². The van der Waals surface area contributed by atoms with E-state index in [2.05, 4.69) is 39.6 Å². The Labute approximate surface area is 127 Å². The van der Waals surface area contributed by atoms with Crippen LogP contribution in [0.4, 0.5) is 11.4 Å². The first kappa shape index (κ1) is 14.6. The Morgan fingerprint density at radius 1 is 1.15 bits per heavy atom. The fraction of sp³-hybridized carbons (Fsp3) is 0.188. The van der Waals surface area contributed by atoms with E-state index in [1.54, 1.807) is 0 Å². The van der Waals surface area contributed by atoms with E-state index in [0.717, 1.165) is 21.4 Å². The minimum Gasteiger partial charge on any atom is -0.381 e. The lowest BCUT2D eigenvalue weighted by Crippen LogP contribution is -2.10. The molecule has 0 unspecified atom stereocenters. The molecule has 0 heterocycles. The highest BCUT2D eigenvalue weighted by Gasteiger charge is 2.04. The third-order valence-corrected chi connectivity index (χ3v) is 3.48. The van der Waals surface area contributed by atoms with Gasteiger partial charge in [0.25, 0.3) is 0 Å². The van der Waals surface area contributed by atoms with Gasteiger partial charge in [-0.2, -0.15) is 0 Å². The summed E-state index contributed by atoms with van der Waals surface area (Å²) in [6.45, 7) is 4.24. The third-order valence-electron chi connectivity index (χ3n) is 2.99. The van der Waals surface area contributed by atoms with Crippen molar-refractivity contribution in [2.24, 2.45) is 0 Å². The second kappa shape index (κ2) is 6.57. The van der Waals surface area contributed by atoms with Gasteiger partial charge in [0.05, 0.1) is 0 Å². The lowest BCUT2D eigenvalue weighted by Gasteiger charge is -2.13. The molecule has 0 aromatic heterocycles. The van der Waals surface area contributed by atoms with Gasteiger partial charge in [-0.25, -0.2) is 0 Å². The molecule has 0 aliphatic carbocycles. The van der Waals surface area contributed by atoms with Crippen molar-refractivity contribution in [3.63, 3.8) is 0 Å². The number of benzene rings is 2. The van der Waals surface area contributed by atoms with Crippen LogP contribution in [0.25, 0.3) is 0 Å². The van der Waals surface area contributed by atoms with E-state index in [-0.39, 0.29) is 5.91 Å². The number of anilines is 2. The Bertz CT molecular complexity index is 626. The summed E-state index contributed by atoms with van der Waals surface area (Å²) < 4.78 is 1.07. The van der Waals surface area contributed by atoms with Crippen molar-refractivity contribution in [3.8, 4) is 0 Å². The van der Waals surface area contributed by atoms with Crippen molar-refractivity contribution < 1.29 is 4.79 Å². The second-order valence-electron chi connectivity index (χ2n) is 4.65. The Hall–Kier alpha value is -1.81. The molecule has 0 atom stereocenters. The Kier molecular flexibility index (Phi) is 4.79. The third kappa shape index (κ3) is 3.84. The van der Waals surface area contributed by atoms with E-state index in [1.807, 2.05) is 36.4 Å². The van der Waals surface area contributed by atoms with Crippen LogP contribution in [0.2, 0.25) is 0 Å². The van der Waals surface area contributed by atoms with Crippen molar-refractivity contribution in [3.05, 3.63) is 58.1 Å². The van der Waals surface area contributed by atoms with Gasteiger partial charge in [0.1, 0.15) is 0 Å². The molecule has 1 amide bonds. The van der Waals surface area contributed by atoms with Crippen LogP contribution >= 0.6 is 15.9 Å². The molecule has 0 bridgehead atoms. The van der Waals surface area contributed by atoms with Crippen LogP contribution < -0.4 is 10.6 Å². The molecule has 0 aliphatic rings. The Balaban J connectivity index is 2.12. The molecule has 2 rings (SSSR count). The monoisotopic (exact) mass is 332 g/mol. The van der Waals surface area contributed by atoms with Gasteiger partial charge in [-0.1, -0.05) is 34.1 Å². The van der Waals surface area contributed by atoms with Crippen LogP contribution in [0.5, 0.6) is 0 Å². The number of rotatable bonds is 4. The number of carbonyl (C=O) groups is 1. The number of amides is 1. The smallest absolute Gasteiger partial charge is 0.221 e. The molecule has 0 radical (unpaired) electrons. The SMILES string of the molecule is CC(=O)Nc1ccccc1CNc1ccc(Br)cc1C. The average molecular weight is 333 g/mol. The highest BCUT2D eigenvalue weighted by Crippen LogP contribution is 2.22. The first-order valence-electron chi connectivity index (χ1n) is 6.42. The zero-order valence-electron chi connectivity index (χ0n) is 11.5. The van der Waals surface area contributed by atoms with Gasteiger partial charge in [0.2, 0.25) is 5.91 Å². The predicted octanol–water partition coefficient (Wildman–Crippen LogP) is 4.33. The zero-order chi connectivity index (χ0) is 14.5. The maximum atomic E-state index is 11.2. The minimum atomic E-state index is -0.0581. The first-order chi connectivity index (χ1) is 9.56. The molecule has 20 heavy (non-hydrogen) atoms. The van der Waals surface area contributed by atoms with Crippen molar-refractivity contribution >= 4 is 33.2 Å².